The molecule has 2 aliphatic rings. The molecule has 320 valence electrons. The second-order valence-corrected chi connectivity index (χ2v) is 18.9. The van der Waals surface area contributed by atoms with Gasteiger partial charge in [-0.15, -0.1) is 0 Å². The monoisotopic (exact) mass is 910 g/mol. The Kier molecular flexibility index (Phi) is 14.7. The number of amides is 2. The number of nitro benzene ring substituents is 1. The summed E-state index contributed by atoms with van der Waals surface area (Å²) in [4.78, 5) is 56.2. The fourth-order valence-corrected chi connectivity index (χ4v) is 9.57. The largest absolute Gasteiger partial charge is 0.349 e. The van der Waals surface area contributed by atoms with Crippen molar-refractivity contribution in [3.63, 3.8) is 0 Å². The summed E-state index contributed by atoms with van der Waals surface area (Å²) in [6.45, 7) is 6.14. The number of ketones is 1. The highest BCUT2D eigenvalue weighted by atomic mass is 79.9. The number of aliphatic imine (C=N–C) groups is 1. The number of rotatable bonds is 15. The number of carbonyl (C=O) groups is 3. The van der Waals surface area contributed by atoms with E-state index in [-0.39, 0.29) is 82.6 Å². The minimum Gasteiger partial charge on any atom is -0.349 e. The van der Waals surface area contributed by atoms with Crippen LogP contribution in [0.2, 0.25) is 0 Å². The Balaban J connectivity index is 1.17. The maximum absolute atomic E-state index is 14.2. The van der Waals surface area contributed by atoms with E-state index in [1.807, 2.05) is 63.2 Å². The molecule has 15 heteroatoms. The zero-order valence-electron chi connectivity index (χ0n) is 34.5. The average Bonchev–Trinajstić information content (AvgIpc) is 3.23. The Hall–Kier alpha value is -5.54. The van der Waals surface area contributed by atoms with Gasteiger partial charge in [0.15, 0.2) is 0 Å². The molecule has 0 radical (unpaired) electrons. The Bertz CT molecular complexity index is 2420. The maximum Gasteiger partial charge on any atom is 0.269 e. The van der Waals surface area contributed by atoms with Gasteiger partial charge in [-0.3, -0.25) is 33.8 Å². The van der Waals surface area contributed by atoms with Gasteiger partial charge in [0.05, 0.1) is 16.7 Å². The highest BCUT2D eigenvalue weighted by Crippen LogP contribution is 2.37. The van der Waals surface area contributed by atoms with Gasteiger partial charge in [-0.1, -0.05) is 78.3 Å². The van der Waals surface area contributed by atoms with Crippen molar-refractivity contribution in [3.8, 4) is 0 Å². The Morgan fingerprint density at radius 2 is 1.62 bits per heavy atom. The lowest BCUT2D eigenvalue weighted by Gasteiger charge is -2.33. The Labute approximate surface area is 365 Å². The molecule has 4 aromatic rings. The van der Waals surface area contributed by atoms with Gasteiger partial charge >= 0.3 is 0 Å². The van der Waals surface area contributed by atoms with Crippen molar-refractivity contribution in [1.82, 2.24) is 10.6 Å². The fourth-order valence-electron chi connectivity index (χ4n) is 8.00. The zero-order valence-corrected chi connectivity index (χ0v) is 36.9. The van der Waals surface area contributed by atoms with E-state index in [0.29, 0.717) is 38.6 Å². The SMILES string of the molecule is C[C@H](CCC1C[C@@H](NC(=O)c2cc(C(=O)N[C@H](C)c3ccc(Br)cc3)cc(N3CCCN=CCS3(=O)=O)c2)Cc2ccccc21)C(=O)CC(=N)[C@H](C)c1ccc([N+](=O)[O-])cc1. The van der Waals surface area contributed by atoms with Crippen molar-refractivity contribution >= 4 is 66.9 Å². The van der Waals surface area contributed by atoms with E-state index in [9.17, 15) is 32.9 Å². The van der Waals surface area contributed by atoms with Crippen molar-refractivity contribution in [2.45, 2.75) is 83.2 Å². The van der Waals surface area contributed by atoms with Crippen molar-refractivity contribution in [2.24, 2.45) is 10.9 Å². The maximum atomic E-state index is 14.2. The highest BCUT2D eigenvalue weighted by Gasteiger charge is 2.31. The molecule has 0 aromatic heterocycles. The number of fused-ring (bicyclic) bond motifs is 1. The number of nitro groups is 1. The molecule has 1 heterocycles. The van der Waals surface area contributed by atoms with Crippen LogP contribution in [-0.2, 0) is 21.2 Å². The third-order valence-corrected chi connectivity index (χ3v) is 13.9. The smallest absolute Gasteiger partial charge is 0.269 e. The molecule has 1 aliphatic heterocycles. The molecule has 5 atom stereocenters. The lowest BCUT2D eigenvalue weighted by atomic mass is 9.76. The third-order valence-electron chi connectivity index (χ3n) is 11.7. The van der Waals surface area contributed by atoms with Crippen LogP contribution in [0.1, 0.15) is 114 Å². The summed E-state index contributed by atoms with van der Waals surface area (Å²) in [6.07, 6.45) is 4.25. The Morgan fingerprint density at radius 1 is 0.951 bits per heavy atom. The van der Waals surface area contributed by atoms with Crippen LogP contribution in [0.15, 0.2) is 100 Å². The van der Waals surface area contributed by atoms with Gasteiger partial charge in [0.25, 0.3) is 17.5 Å². The fraction of sp³-hybridized carbons (Fsp3) is 0.370. The number of non-ortho nitro benzene ring substituents is 1. The van der Waals surface area contributed by atoms with Gasteiger partial charge < -0.3 is 16.0 Å². The molecule has 1 unspecified atom stereocenters. The van der Waals surface area contributed by atoms with Gasteiger partial charge in [0.2, 0.25) is 10.0 Å². The number of halogens is 1. The summed E-state index contributed by atoms with van der Waals surface area (Å²) in [5.74, 6) is -1.90. The first-order chi connectivity index (χ1) is 29.1. The molecule has 0 saturated carbocycles. The predicted octanol–water partition coefficient (Wildman–Crippen LogP) is 8.49. The number of Topliss-reactive ketones (excluding diaryl/α,β-unsaturated/α-hetero) is 1. The first-order valence-corrected chi connectivity index (χ1v) is 22.9. The molecule has 0 bridgehead atoms. The number of nitrogens with one attached hydrogen (secondary N) is 3. The van der Waals surface area contributed by atoms with Crippen LogP contribution in [0.3, 0.4) is 0 Å². The lowest BCUT2D eigenvalue weighted by molar-refractivity contribution is -0.384. The number of hydrogen-bond donors (Lipinski definition) is 3. The minimum atomic E-state index is -3.85. The van der Waals surface area contributed by atoms with Gasteiger partial charge in [-0.25, -0.2) is 8.42 Å². The van der Waals surface area contributed by atoms with E-state index in [1.165, 1.54) is 46.4 Å². The van der Waals surface area contributed by atoms with Crippen LogP contribution >= 0.6 is 15.9 Å². The molecule has 61 heavy (non-hydrogen) atoms. The average molecular weight is 912 g/mol. The first kappa shape index (κ1) is 45.0. The number of benzene rings is 4. The molecule has 0 fully saturated rings. The topological polar surface area (TPSA) is 192 Å². The summed E-state index contributed by atoms with van der Waals surface area (Å²) < 4.78 is 29.1. The number of sulfonamides is 1. The summed E-state index contributed by atoms with van der Waals surface area (Å²) >= 11 is 3.44. The van der Waals surface area contributed by atoms with Crippen molar-refractivity contribution in [3.05, 3.63) is 139 Å². The van der Waals surface area contributed by atoms with Crippen molar-refractivity contribution in [2.75, 3.05) is 23.1 Å². The minimum absolute atomic E-state index is 0.0200. The van der Waals surface area contributed by atoms with E-state index in [2.05, 4.69) is 37.6 Å². The van der Waals surface area contributed by atoms with Crippen LogP contribution in [0.5, 0.6) is 0 Å². The quantitative estimate of drug-likeness (QED) is 0.0605. The second kappa shape index (κ2) is 19.9. The van der Waals surface area contributed by atoms with Crippen LogP contribution in [-0.4, -0.2) is 67.7 Å². The lowest BCUT2D eigenvalue weighted by Crippen LogP contribution is -2.40. The van der Waals surface area contributed by atoms with Gasteiger partial charge in [-0.2, -0.15) is 0 Å². The Morgan fingerprint density at radius 3 is 2.33 bits per heavy atom. The summed E-state index contributed by atoms with van der Waals surface area (Å²) in [5.41, 5.74) is 4.61. The highest BCUT2D eigenvalue weighted by molar-refractivity contribution is 9.10. The van der Waals surface area contributed by atoms with E-state index in [1.54, 1.807) is 12.1 Å². The third kappa shape index (κ3) is 11.4. The van der Waals surface area contributed by atoms with E-state index >= 15 is 0 Å². The van der Waals surface area contributed by atoms with E-state index in [0.717, 1.165) is 21.2 Å². The molecule has 1 aliphatic carbocycles. The van der Waals surface area contributed by atoms with E-state index in [4.69, 9.17) is 5.41 Å². The first-order valence-electron chi connectivity index (χ1n) is 20.5. The van der Waals surface area contributed by atoms with Gasteiger partial charge in [0, 0.05) is 77.0 Å². The molecule has 2 amide bonds. The molecular weight excluding hydrogens is 861 g/mol. The molecule has 0 saturated heterocycles. The summed E-state index contributed by atoms with van der Waals surface area (Å²) in [5, 5.41) is 25.9. The molecular formula is C46H51BrN6O7S. The second-order valence-electron chi connectivity index (χ2n) is 16.0. The van der Waals surface area contributed by atoms with Crippen molar-refractivity contribution in [1.29, 1.82) is 5.41 Å². The van der Waals surface area contributed by atoms with Crippen LogP contribution in [0.4, 0.5) is 11.4 Å². The normalized spacial score (nSPS) is 18.7. The number of anilines is 1. The van der Waals surface area contributed by atoms with Crippen LogP contribution in [0, 0.1) is 21.4 Å². The molecule has 6 rings (SSSR count). The van der Waals surface area contributed by atoms with Crippen molar-refractivity contribution < 1.29 is 27.7 Å². The van der Waals surface area contributed by atoms with E-state index < -0.39 is 26.8 Å². The number of hydrogen-bond acceptors (Lipinski definition) is 9. The molecule has 13 nitrogen and oxygen atoms in total. The van der Waals surface area contributed by atoms with Gasteiger partial charge in [-0.05, 0) is 97.5 Å². The molecule has 3 N–H and O–H groups in total. The summed E-state index contributed by atoms with van der Waals surface area (Å²) in [7, 11) is -3.85. The van der Waals surface area contributed by atoms with Crippen LogP contribution in [0.25, 0.3) is 0 Å². The number of carbonyl (C=O) groups excluding carboxylic acids is 3. The molecule has 0 spiro atoms. The summed E-state index contributed by atoms with van der Waals surface area (Å²) in [6, 6.07) is 25.6. The predicted molar refractivity (Wildman–Crippen MR) is 242 cm³/mol. The van der Waals surface area contributed by atoms with Crippen LogP contribution < -0.4 is 14.9 Å². The standard InChI is InChI=1S/C46H51BrN6O7S/c1-29(44(54)28-43(48)30(2)32-13-17-40(18-14-32)53(57)58)9-10-35-25-39(24-34-7-4-5-8-42(34)35)51-46(56)37-23-36(45(55)50-31(3)33-11-15-38(47)16-12-33)26-41(27-37)52-21-6-19-49-20-22-61(52,59)60/h4-5,7-8,11-18,20,23,26-27,29-31,35,39,48H,6,9-10,19,21-22,24-25,28H2,1-3H3,(H,50,55)(H,51,56)/t29-,30-,31-,35?,39+/m1/s1. The molecule has 4 aromatic carbocycles. The van der Waals surface area contributed by atoms with Gasteiger partial charge in [0.1, 0.15) is 11.5 Å². The number of nitrogens with zero attached hydrogens (tertiary/aromatic N) is 3. The zero-order chi connectivity index (χ0) is 43.8.